The molecule has 1 aliphatic carbocycles. The second-order valence-electron chi connectivity index (χ2n) is 7.48. The number of nitrogens with zero attached hydrogens (tertiary/aromatic N) is 1. The number of allylic oxidation sites excluding steroid dienone is 2. The molecule has 30 heavy (non-hydrogen) atoms. The van der Waals surface area contributed by atoms with Crippen molar-refractivity contribution >= 4 is 40.7 Å². The summed E-state index contributed by atoms with van der Waals surface area (Å²) < 4.78 is 5.28. The Morgan fingerprint density at radius 3 is 2.67 bits per heavy atom. The first-order chi connectivity index (χ1) is 14.4. The molecule has 0 spiro atoms. The molecule has 3 amide bonds. The van der Waals surface area contributed by atoms with E-state index in [0.29, 0.717) is 22.9 Å². The van der Waals surface area contributed by atoms with Crippen LogP contribution in [0.2, 0.25) is 5.02 Å². The predicted octanol–water partition coefficient (Wildman–Crippen LogP) is 4.30. The number of anilines is 2. The highest BCUT2D eigenvalue weighted by molar-refractivity contribution is 6.31. The van der Waals surface area contributed by atoms with Gasteiger partial charge >= 0.3 is 0 Å². The maximum Gasteiger partial charge on any atom is 0.257 e. The van der Waals surface area contributed by atoms with Crippen molar-refractivity contribution in [3.63, 3.8) is 0 Å². The van der Waals surface area contributed by atoms with E-state index in [-0.39, 0.29) is 34.9 Å². The van der Waals surface area contributed by atoms with Crippen LogP contribution in [0.1, 0.15) is 23.7 Å². The maximum absolute atomic E-state index is 13.1. The van der Waals surface area contributed by atoms with Gasteiger partial charge < -0.3 is 10.1 Å². The zero-order chi connectivity index (χ0) is 21.4. The second-order valence-corrected chi connectivity index (χ2v) is 7.92. The van der Waals surface area contributed by atoms with Crippen molar-refractivity contribution in [1.82, 2.24) is 0 Å². The van der Waals surface area contributed by atoms with E-state index in [9.17, 15) is 14.4 Å². The van der Waals surface area contributed by atoms with Gasteiger partial charge in [0.05, 0.1) is 35.9 Å². The number of nitrogens with one attached hydrogen (secondary N) is 1. The molecular formula is C23H21ClN2O4. The van der Waals surface area contributed by atoms with Crippen LogP contribution in [0, 0.1) is 17.8 Å². The Morgan fingerprint density at radius 2 is 1.93 bits per heavy atom. The van der Waals surface area contributed by atoms with Gasteiger partial charge in [0.15, 0.2) is 0 Å². The quantitative estimate of drug-likeness (QED) is 0.586. The molecule has 154 valence electrons. The highest BCUT2D eigenvalue weighted by atomic mass is 35.5. The number of carbonyl (C=O) groups is 3. The summed E-state index contributed by atoms with van der Waals surface area (Å²) in [5.41, 5.74) is 0.906. The average molecular weight is 425 g/mol. The normalized spacial score (nSPS) is 22.8. The minimum absolute atomic E-state index is 0.0260. The van der Waals surface area contributed by atoms with Gasteiger partial charge in [-0.2, -0.15) is 0 Å². The lowest BCUT2D eigenvalue weighted by atomic mass is 9.78. The van der Waals surface area contributed by atoms with E-state index in [4.69, 9.17) is 16.3 Å². The zero-order valence-electron chi connectivity index (χ0n) is 16.6. The fraction of sp³-hybridized carbons (Fsp3) is 0.261. The van der Waals surface area contributed by atoms with Gasteiger partial charge in [-0.05, 0) is 42.7 Å². The van der Waals surface area contributed by atoms with Gasteiger partial charge in [0.2, 0.25) is 11.8 Å². The van der Waals surface area contributed by atoms with Crippen LogP contribution in [0.3, 0.4) is 0 Å². The Labute approximate surface area is 179 Å². The first-order valence-electron chi connectivity index (χ1n) is 9.70. The molecule has 7 heteroatoms. The van der Waals surface area contributed by atoms with Gasteiger partial charge in [0.1, 0.15) is 5.75 Å². The highest BCUT2D eigenvalue weighted by Crippen LogP contribution is 2.41. The van der Waals surface area contributed by atoms with Crippen molar-refractivity contribution in [1.29, 1.82) is 0 Å². The summed E-state index contributed by atoms with van der Waals surface area (Å²) in [6.45, 7) is 1.94. The molecule has 1 fully saturated rings. The first-order valence-corrected chi connectivity index (χ1v) is 10.1. The number of methoxy groups -OCH3 is 1. The minimum Gasteiger partial charge on any atom is -0.495 e. The molecule has 0 aromatic heterocycles. The molecule has 6 nitrogen and oxygen atoms in total. The van der Waals surface area contributed by atoms with E-state index >= 15 is 0 Å². The molecule has 1 N–H and O–H groups in total. The third-order valence-corrected chi connectivity index (χ3v) is 5.91. The topological polar surface area (TPSA) is 75.7 Å². The van der Waals surface area contributed by atoms with Crippen molar-refractivity contribution in [3.8, 4) is 5.75 Å². The Bertz CT molecular complexity index is 1060. The number of hydrogen-bond donors (Lipinski definition) is 1. The summed E-state index contributed by atoms with van der Waals surface area (Å²) in [5, 5.41) is 3.21. The first kappa shape index (κ1) is 20.2. The van der Waals surface area contributed by atoms with Gasteiger partial charge in [-0.25, -0.2) is 4.90 Å². The molecule has 1 aliphatic heterocycles. The average Bonchev–Trinajstić information content (AvgIpc) is 2.99. The van der Waals surface area contributed by atoms with E-state index in [1.165, 1.54) is 12.0 Å². The summed E-state index contributed by atoms with van der Waals surface area (Å²) in [6, 6.07) is 11.5. The molecule has 2 aliphatic rings. The Balaban J connectivity index is 1.69. The van der Waals surface area contributed by atoms with Gasteiger partial charge in [-0.15, -0.1) is 0 Å². The lowest BCUT2D eigenvalue weighted by Crippen LogP contribution is -2.33. The van der Waals surface area contributed by atoms with E-state index in [2.05, 4.69) is 5.32 Å². The Morgan fingerprint density at radius 1 is 1.17 bits per heavy atom. The standard InChI is InChI=1S/C23H21ClN2O4/c1-13-6-5-8-16-20(13)23(29)26(22(16)28)18-9-4-3-7-15(18)21(27)25-17-12-14(24)10-11-19(17)30-2/h3-7,9-13,16,20H,8H2,1-2H3,(H,25,27)/t13-,16-,20+/m1/s1. The molecule has 1 saturated heterocycles. The molecule has 2 aromatic carbocycles. The number of carbonyl (C=O) groups excluding carboxylic acids is 3. The summed E-state index contributed by atoms with van der Waals surface area (Å²) in [6.07, 6.45) is 4.45. The SMILES string of the molecule is COc1ccc(Cl)cc1NC(=O)c1ccccc1N1C(=O)[C@H]2[C@H](C)C=CC[C@H]2C1=O. The number of benzene rings is 2. The van der Waals surface area contributed by atoms with E-state index < -0.39 is 11.8 Å². The van der Waals surface area contributed by atoms with Crippen LogP contribution in [-0.4, -0.2) is 24.8 Å². The fourth-order valence-corrected chi connectivity index (χ4v) is 4.39. The molecule has 3 atom stereocenters. The number of fused-ring (bicyclic) bond motifs is 1. The maximum atomic E-state index is 13.1. The van der Waals surface area contributed by atoms with Crippen LogP contribution >= 0.6 is 11.6 Å². The van der Waals surface area contributed by atoms with Crippen LogP contribution < -0.4 is 15.0 Å². The van der Waals surface area contributed by atoms with Crippen molar-refractivity contribution in [3.05, 3.63) is 65.2 Å². The minimum atomic E-state index is -0.465. The van der Waals surface area contributed by atoms with E-state index in [0.717, 1.165) is 0 Å². The van der Waals surface area contributed by atoms with Crippen LogP contribution in [0.5, 0.6) is 5.75 Å². The lowest BCUT2D eigenvalue weighted by molar-refractivity contribution is -0.122. The number of imide groups is 1. The second kappa shape index (κ2) is 7.95. The van der Waals surface area contributed by atoms with Gasteiger partial charge in [-0.1, -0.05) is 42.8 Å². The van der Waals surface area contributed by atoms with E-state index in [1.54, 1.807) is 42.5 Å². The van der Waals surface area contributed by atoms with Crippen LogP contribution in [0.15, 0.2) is 54.6 Å². The molecule has 1 heterocycles. The Hall–Kier alpha value is -3.12. The van der Waals surface area contributed by atoms with Gasteiger partial charge in [0.25, 0.3) is 5.91 Å². The number of para-hydroxylation sites is 1. The molecule has 0 radical (unpaired) electrons. The zero-order valence-corrected chi connectivity index (χ0v) is 17.3. The fourth-order valence-electron chi connectivity index (χ4n) is 4.21. The number of amides is 3. The lowest BCUT2D eigenvalue weighted by Gasteiger charge is -2.22. The smallest absolute Gasteiger partial charge is 0.257 e. The van der Waals surface area contributed by atoms with Crippen molar-refractivity contribution in [2.24, 2.45) is 17.8 Å². The highest BCUT2D eigenvalue weighted by Gasteiger charge is 2.51. The third-order valence-electron chi connectivity index (χ3n) is 5.67. The van der Waals surface area contributed by atoms with Gasteiger partial charge in [-0.3, -0.25) is 14.4 Å². The summed E-state index contributed by atoms with van der Waals surface area (Å²) in [5.74, 6) is -1.35. The molecule has 0 bridgehead atoms. The van der Waals surface area contributed by atoms with Gasteiger partial charge in [0, 0.05) is 5.02 Å². The van der Waals surface area contributed by atoms with Crippen LogP contribution in [0.25, 0.3) is 0 Å². The summed E-state index contributed by atoms with van der Waals surface area (Å²) in [4.78, 5) is 40.5. The summed E-state index contributed by atoms with van der Waals surface area (Å²) >= 11 is 6.05. The predicted molar refractivity (Wildman–Crippen MR) is 115 cm³/mol. The molecule has 0 unspecified atom stereocenters. The molecule has 4 rings (SSSR count). The van der Waals surface area contributed by atoms with Crippen LogP contribution in [-0.2, 0) is 9.59 Å². The number of ether oxygens (including phenoxy) is 1. The third kappa shape index (κ3) is 3.37. The largest absolute Gasteiger partial charge is 0.495 e. The van der Waals surface area contributed by atoms with Crippen molar-refractivity contribution < 1.29 is 19.1 Å². The monoisotopic (exact) mass is 424 g/mol. The number of hydrogen-bond acceptors (Lipinski definition) is 4. The van der Waals surface area contributed by atoms with Crippen LogP contribution in [0.4, 0.5) is 11.4 Å². The molecule has 0 saturated carbocycles. The van der Waals surface area contributed by atoms with E-state index in [1.807, 2.05) is 19.1 Å². The van der Waals surface area contributed by atoms with Crippen molar-refractivity contribution in [2.45, 2.75) is 13.3 Å². The number of halogens is 1. The Kier molecular flexibility index (Phi) is 5.35. The molecular weight excluding hydrogens is 404 g/mol. The molecule has 2 aromatic rings. The van der Waals surface area contributed by atoms with Crippen molar-refractivity contribution in [2.75, 3.05) is 17.3 Å². The number of rotatable bonds is 4. The summed E-state index contributed by atoms with van der Waals surface area (Å²) in [7, 11) is 1.49.